The smallest absolute Gasteiger partial charge is 0.246 e. The largest absolute Gasteiger partial charge is 0.326 e. The van der Waals surface area contributed by atoms with E-state index in [9.17, 15) is 8.42 Å². The molecule has 6 nitrogen and oxygen atoms in total. The zero-order valence-corrected chi connectivity index (χ0v) is 10.9. The van der Waals surface area contributed by atoms with Gasteiger partial charge in [-0.15, -0.1) is 0 Å². The van der Waals surface area contributed by atoms with Gasteiger partial charge in [0.05, 0.1) is 6.20 Å². The molecule has 0 aliphatic carbocycles. The van der Waals surface area contributed by atoms with Crippen molar-refractivity contribution in [3.8, 4) is 0 Å². The minimum atomic E-state index is -3.41. The van der Waals surface area contributed by atoms with Gasteiger partial charge in [-0.05, 0) is 20.3 Å². The number of hydrogen-bond acceptors (Lipinski definition) is 4. The second-order valence-electron chi connectivity index (χ2n) is 4.66. The van der Waals surface area contributed by atoms with E-state index in [-0.39, 0.29) is 17.0 Å². The molecule has 1 aliphatic rings. The fraction of sp³-hybridized carbons (Fsp3) is 0.700. The molecule has 7 heteroatoms. The van der Waals surface area contributed by atoms with Gasteiger partial charge in [-0.3, -0.25) is 4.68 Å². The zero-order valence-electron chi connectivity index (χ0n) is 10.1. The summed E-state index contributed by atoms with van der Waals surface area (Å²) in [4.78, 5) is 0.250. The first-order valence-corrected chi connectivity index (χ1v) is 7.15. The van der Waals surface area contributed by atoms with Gasteiger partial charge >= 0.3 is 0 Å². The summed E-state index contributed by atoms with van der Waals surface area (Å²) in [6.45, 7) is 4.80. The van der Waals surface area contributed by atoms with Crippen molar-refractivity contribution in [3.63, 3.8) is 0 Å². The fourth-order valence-electron chi connectivity index (χ4n) is 1.86. The van der Waals surface area contributed by atoms with Gasteiger partial charge in [-0.25, -0.2) is 8.42 Å². The predicted molar refractivity (Wildman–Crippen MR) is 64.0 cm³/mol. The van der Waals surface area contributed by atoms with Crippen LogP contribution in [0.1, 0.15) is 26.3 Å². The molecule has 1 aliphatic heterocycles. The summed E-state index contributed by atoms with van der Waals surface area (Å²) in [6.07, 6.45) is 3.70. The van der Waals surface area contributed by atoms with Crippen molar-refractivity contribution in [2.45, 2.75) is 37.2 Å². The minimum absolute atomic E-state index is 0.0510. The molecule has 0 aromatic carbocycles. The van der Waals surface area contributed by atoms with E-state index >= 15 is 0 Å². The molecular formula is C10H18N4O2S. The highest BCUT2D eigenvalue weighted by Gasteiger charge is 2.31. The van der Waals surface area contributed by atoms with Crippen LogP contribution in [0.3, 0.4) is 0 Å². The minimum Gasteiger partial charge on any atom is -0.326 e. The van der Waals surface area contributed by atoms with Crippen molar-refractivity contribution in [1.29, 1.82) is 0 Å². The van der Waals surface area contributed by atoms with Crippen LogP contribution in [0.5, 0.6) is 0 Å². The molecule has 17 heavy (non-hydrogen) atoms. The number of nitrogens with zero attached hydrogens (tertiary/aromatic N) is 3. The highest BCUT2D eigenvalue weighted by molar-refractivity contribution is 7.89. The van der Waals surface area contributed by atoms with E-state index < -0.39 is 10.0 Å². The van der Waals surface area contributed by atoms with Crippen molar-refractivity contribution < 1.29 is 8.42 Å². The Morgan fingerprint density at radius 2 is 2.24 bits per heavy atom. The van der Waals surface area contributed by atoms with E-state index in [0.717, 1.165) is 6.42 Å². The SMILES string of the molecule is CC(C)n1cc(S(=O)(=O)N2CC[C@@H](N)C2)cn1. The number of rotatable bonds is 3. The van der Waals surface area contributed by atoms with E-state index in [0.29, 0.717) is 13.1 Å². The summed E-state index contributed by atoms with van der Waals surface area (Å²) < 4.78 is 27.5. The van der Waals surface area contributed by atoms with Gasteiger partial charge in [0.2, 0.25) is 10.0 Å². The molecule has 2 rings (SSSR count). The second-order valence-corrected chi connectivity index (χ2v) is 6.60. The van der Waals surface area contributed by atoms with Crippen LogP contribution in [0.4, 0.5) is 0 Å². The molecule has 1 atom stereocenters. The summed E-state index contributed by atoms with van der Waals surface area (Å²) in [7, 11) is -3.41. The van der Waals surface area contributed by atoms with Crippen molar-refractivity contribution in [1.82, 2.24) is 14.1 Å². The van der Waals surface area contributed by atoms with Crippen LogP contribution in [0, 0.1) is 0 Å². The van der Waals surface area contributed by atoms with E-state index in [1.807, 2.05) is 13.8 Å². The molecule has 96 valence electrons. The third-order valence-electron chi connectivity index (χ3n) is 2.93. The Morgan fingerprint density at radius 1 is 1.53 bits per heavy atom. The molecule has 2 heterocycles. The van der Waals surface area contributed by atoms with Gasteiger partial charge < -0.3 is 5.73 Å². The van der Waals surface area contributed by atoms with Gasteiger partial charge in [0.15, 0.2) is 0 Å². The maximum Gasteiger partial charge on any atom is 0.246 e. The molecule has 0 bridgehead atoms. The van der Waals surface area contributed by atoms with Crippen LogP contribution in [-0.2, 0) is 10.0 Å². The average Bonchev–Trinajstić information content (AvgIpc) is 2.85. The Kier molecular flexibility index (Phi) is 3.24. The lowest BCUT2D eigenvalue weighted by Crippen LogP contribution is -2.31. The van der Waals surface area contributed by atoms with Gasteiger partial charge in [0, 0.05) is 31.4 Å². The highest BCUT2D eigenvalue weighted by atomic mass is 32.2. The number of nitrogens with two attached hydrogens (primary N) is 1. The molecule has 2 N–H and O–H groups in total. The molecule has 1 saturated heterocycles. The first-order valence-electron chi connectivity index (χ1n) is 5.71. The zero-order chi connectivity index (χ0) is 12.6. The first-order chi connectivity index (χ1) is 7.91. The summed E-state index contributed by atoms with van der Waals surface area (Å²) in [5.41, 5.74) is 5.73. The molecular weight excluding hydrogens is 240 g/mol. The third-order valence-corrected chi connectivity index (χ3v) is 4.75. The van der Waals surface area contributed by atoms with Gasteiger partial charge in [-0.1, -0.05) is 0 Å². The maximum atomic E-state index is 12.2. The lowest BCUT2D eigenvalue weighted by atomic mass is 10.3. The Balaban J connectivity index is 2.25. The molecule has 1 fully saturated rings. The standard InChI is InChI=1S/C10H18N4O2S/c1-8(2)14-7-10(5-12-14)17(15,16)13-4-3-9(11)6-13/h5,7-9H,3-4,6,11H2,1-2H3/t9-/m1/s1. The molecule has 0 unspecified atom stereocenters. The summed E-state index contributed by atoms with van der Waals surface area (Å²) >= 11 is 0. The fourth-order valence-corrected chi connectivity index (χ4v) is 3.31. The van der Waals surface area contributed by atoms with E-state index in [4.69, 9.17) is 5.73 Å². The quantitative estimate of drug-likeness (QED) is 0.839. The topological polar surface area (TPSA) is 81.2 Å². The van der Waals surface area contributed by atoms with Crippen LogP contribution in [0.15, 0.2) is 17.3 Å². The monoisotopic (exact) mass is 258 g/mol. The molecule has 1 aromatic rings. The summed E-state index contributed by atoms with van der Waals surface area (Å²) in [5, 5.41) is 4.05. The van der Waals surface area contributed by atoms with Gasteiger partial charge in [-0.2, -0.15) is 9.40 Å². The third kappa shape index (κ3) is 2.36. The Hall–Kier alpha value is -0.920. The molecule has 1 aromatic heterocycles. The van der Waals surface area contributed by atoms with Gasteiger partial charge in [0.25, 0.3) is 0 Å². The molecule has 0 spiro atoms. The summed E-state index contributed by atoms with van der Waals surface area (Å²) in [6, 6.07) is 0.102. The predicted octanol–water partition coefficient (Wildman–Crippen LogP) is 0.186. The Labute approximate surface area is 101 Å². The van der Waals surface area contributed by atoms with Crippen molar-refractivity contribution >= 4 is 10.0 Å². The van der Waals surface area contributed by atoms with E-state index in [1.54, 1.807) is 10.9 Å². The van der Waals surface area contributed by atoms with Crippen LogP contribution in [0.2, 0.25) is 0 Å². The van der Waals surface area contributed by atoms with Crippen LogP contribution >= 0.6 is 0 Å². The van der Waals surface area contributed by atoms with Crippen LogP contribution in [0.25, 0.3) is 0 Å². The van der Waals surface area contributed by atoms with Crippen molar-refractivity contribution in [3.05, 3.63) is 12.4 Å². The Morgan fingerprint density at radius 3 is 2.71 bits per heavy atom. The van der Waals surface area contributed by atoms with Gasteiger partial charge in [0.1, 0.15) is 4.90 Å². The second kappa shape index (κ2) is 4.40. The average molecular weight is 258 g/mol. The summed E-state index contributed by atoms with van der Waals surface area (Å²) in [5.74, 6) is 0. The normalized spacial score (nSPS) is 22.5. The maximum absolute atomic E-state index is 12.2. The molecule has 0 radical (unpaired) electrons. The number of hydrogen-bond donors (Lipinski definition) is 1. The van der Waals surface area contributed by atoms with E-state index in [1.165, 1.54) is 10.5 Å². The van der Waals surface area contributed by atoms with Crippen LogP contribution in [-0.4, -0.2) is 41.6 Å². The first kappa shape index (κ1) is 12.5. The Bertz CT molecular complexity index is 494. The highest BCUT2D eigenvalue weighted by Crippen LogP contribution is 2.20. The molecule has 0 amide bonds. The number of sulfonamides is 1. The molecule has 0 saturated carbocycles. The lowest BCUT2D eigenvalue weighted by Gasteiger charge is -2.14. The van der Waals surface area contributed by atoms with Crippen molar-refractivity contribution in [2.24, 2.45) is 5.73 Å². The van der Waals surface area contributed by atoms with Crippen molar-refractivity contribution in [2.75, 3.05) is 13.1 Å². The van der Waals surface area contributed by atoms with E-state index in [2.05, 4.69) is 5.10 Å². The van der Waals surface area contributed by atoms with Crippen LogP contribution < -0.4 is 5.73 Å². The lowest BCUT2D eigenvalue weighted by molar-refractivity contribution is 0.472. The number of aromatic nitrogens is 2.